The first kappa shape index (κ1) is 16.6. The highest BCUT2D eigenvalue weighted by molar-refractivity contribution is 7.99. The van der Waals surface area contributed by atoms with E-state index in [1.54, 1.807) is 11.6 Å². The number of aromatic nitrogens is 2. The molecule has 2 heterocycles. The molecule has 0 N–H and O–H groups in total. The van der Waals surface area contributed by atoms with Gasteiger partial charge in [0.25, 0.3) is 11.5 Å². The number of hydrogen-bond donors (Lipinski definition) is 0. The average Bonchev–Trinajstić information content (AvgIpc) is 3.04. The highest BCUT2D eigenvalue weighted by Crippen LogP contribution is 2.20. The number of carbonyl (C=O) groups excluding carboxylic acids is 1. The molecule has 6 nitrogen and oxygen atoms in total. The fraction of sp³-hybridized carbons (Fsp3) is 0.353. The largest absolute Gasteiger partial charge is 0.492 e. The second-order valence-electron chi connectivity index (χ2n) is 5.65. The molecule has 0 saturated carbocycles. The lowest BCUT2D eigenvalue weighted by Crippen LogP contribution is -2.36. The smallest absolute Gasteiger partial charge is 0.267 e. The third kappa shape index (κ3) is 3.46. The van der Waals surface area contributed by atoms with E-state index in [0.29, 0.717) is 24.9 Å². The summed E-state index contributed by atoms with van der Waals surface area (Å²) in [6.07, 6.45) is 1.38. The van der Waals surface area contributed by atoms with E-state index < -0.39 is 0 Å². The lowest BCUT2D eigenvalue weighted by atomic mass is 10.2. The fourth-order valence-electron chi connectivity index (χ4n) is 2.48. The number of rotatable bonds is 5. The summed E-state index contributed by atoms with van der Waals surface area (Å²) in [6, 6.07) is 7.74. The number of ether oxygens (including phenoxy) is 1. The molecule has 0 spiro atoms. The van der Waals surface area contributed by atoms with Crippen LogP contribution in [0.1, 0.15) is 15.9 Å². The Hall–Kier alpha value is -2.28. The quantitative estimate of drug-likeness (QED) is 0.773. The maximum absolute atomic E-state index is 12.5. The van der Waals surface area contributed by atoms with Crippen molar-refractivity contribution < 1.29 is 9.53 Å². The monoisotopic (exact) mass is 345 g/mol. The third-order valence-corrected chi connectivity index (χ3v) is 4.79. The molecule has 7 heteroatoms. The molecule has 1 aromatic heterocycles. The first-order valence-corrected chi connectivity index (χ1v) is 8.72. The first-order chi connectivity index (χ1) is 11.6. The third-order valence-electron chi connectivity index (χ3n) is 3.82. The van der Waals surface area contributed by atoms with E-state index in [1.807, 2.05) is 31.2 Å². The first-order valence-electron chi connectivity index (χ1n) is 7.74. The fourth-order valence-corrected chi connectivity index (χ4v) is 3.39. The van der Waals surface area contributed by atoms with Crippen LogP contribution in [0.3, 0.4) is 0 Å². The van der Waals surface area contributed by atoms with Gasteiger partial charge in [0.05, 0.1) is 6.54 Å². The number of thioether (sulfide) groups is 1. The van der Waals surface area contributed by atoms with E-state index in [2.05, 4.69) is 4.98 Å². The molecule has 1 aromatic carbocycles. The second-order valence-corrected chi connectivity index (χ2v) is 6.71. The van der Waals surface area contributed by atoms with Crippen molar-refractivity contribution >= 4 is 17.7 Å². The van der Waals surface area contributed by atoms with Gasteiger partial charge < -0.3 is 9.64 Å². The maximum atomic E-state index is 12.5. The van der Waals surface area contributed by atoms with Crippen molar-refractivity contribution in [3.05, 3.63) is 51.9 Å². The standard InChI is InChI=1S/C17H19N3O3S/c1-12-4-3-5-13(10-12)23-8-6-19(2)15(21)14-11-18-17-20(16(14)22)7-9-24-17/h3-5,10-11H,6-9H2,1-2H3. The van der Waals surface area contributed by atoms with E-state index in [0.717, 1.165) is 17.1 Å². The van der Waals surface area contributed by atoms with E-state index in [1.165, 1.54) is 22.9 Å². The minimum absolute atomic E-state index is 0.110. The van der Waals surface area contributed by atoms with Gasteiger partial charge in [-0.15, -0.1) is 0 Å². The molecule has 2 aromatic rings. The van der Waals surface area contributed by atoms with Crippen LogP contribution < -0.4 is 10.3 Å². The molecule has 3 rings (SSSR count). The molecule has 24 heavy (non-hydrogen) atoms. The van der Waals surface area contributed by atoms with Crippen LogP contribution in [0.4, 0.5) is 0 Å². The number of benzene rings is 1. The number of likely N-dealkylation sites (N-methyl/N-ethyl adjacent to an activating group) is 1. The Bertz CT molecular complexity index is 819. The van der Waals surface area contributed by atoms with E-state index in [9.17, 15) is 9.59 Å². The van der Waals surface area contributed by atoms with Gasteiger partial charge in [0.15, 0.2) is 5.16 Å². The second kappa shape index (κ2) is 7.09. The lowest BCUT2D eigenvalue weighted by Gasteiger charge is -2.17. The molecule has 0 bridgehead atoms. The van der Waals surface area contributed by atoms with Crippen molar-refractivity contribution in [2.75, 3.05) is 26.0 Å². The van der Waals surface area contributed by atoms with Gasteiger partial charge in [0.1, 0.15) is 17.9 Å². The predicted molar refractivity (Wildman–Crippen MR) is 92.9 cm³/mol. The molecule has 0 aliphatic carbocycles. The summed E-state index contributed by atoms with van der Waals surface area (Å²) in [5.41, 5.74) is 0.966. The Morgan fingerprint density at radius 1 is 1.46 bits per heavy atom. The Morgan fingerprint density at radius 3 is 3.08 bits per heavy atom. The summed E-state index contributed by atoms with van der Waals surface area (Å²) >= 11 is 1.53. The van der Waals surface area contributed by atoms with Crippen molar-refractivity contribution in [2.45, 2.75) is 18.6 Å². The molecule has 1 aliphatic heterocycles. The molecule has 0 fully saturated rings. The molecule has 126 valence electrons. The van der Waals surface area contributed by atoms with Gasteiger partial charge in [0.2, 0.25) is 0 Å². The topological polar surface area (TPSA) is 64.4 Å². The molecule has 1 aliphatic rings. The zero-order valence-corrected chi connectivity index (χ0v) is 14.5. The van der Waals surface area contributed by atoms with Crippen molar-refractivity contribution in [2.24, 2.45) is 0 Å². The van der Waals surface area contributed by atoms with Gasteiger partial charge in [-0.05, 0) is 24.6 Å². The average molecular weight is 345 g/mol. The van der Waals surface area contributed by atoms with Crippen LogP contribution in [0.2, 0.25) is 0 Å². The van der Waals surface area contributed by atoms with Gasteiger partial charge in [-0.3, -0.25) is 14.2 Å². The highest BCUT2D eigenvalue weighted by atomic mass is 32.2. The number of nitrogens with zero attached hydrogens (tertiary/aromatic N) is 3. The normalized spacial score (nSPS) is 12.8. The van der Waals surface area contributed by atoms with Gasteiger partial charge in [-0.2, -0.15) is 0 Å². The van der Waals surface area contributed by atoms with Crippen LogP contribution >= 0.6 is 11.8 Å². The Morgan fingerprint density at radius 2 is 2.29 bits per heavy atom. The van der Waals surface area contributed by atoms with Crippen LogP contribution in [0.25, 0.3) is 0 Å². The Kier molecular flexibility index (Phi) is 4.89. The number of aryl methyl sites for hydroxylation is 1. The number of fused-ring (bicyclic) bond motifs is 1. The van der Waals surface area contributed by atoms with Crippen LogP contribution in [0.15, 0.2) is 40.4 Å². The van der Waals surface area contributed by atoms with Crippen molar-refractivity contribution in [1.82, 2.24) is 14.5 Å². The minimum Gasteiger partial charge on any atom is -0.492 e. The highest BCUT2D eigenvalue weighted by Gasteiger charge is 2.22. The van der Waals surface area contributed by atoms with E-state index in [-0.39, 0.29) is 17.0 Å². The van der Waals surface area contributed by atoms with Gasteiger partial charge in [-0.1, -0.05) is 23.9 Å². The van der Waals surface area contributed by atoms with Crippen LogP contribution in [-0.4, -0.2) is 46.3 Å². The molecular formula is C17H19N3O3S. The summed E-state index contributed by atoms with van der Waals surface area (Å²) in [5, 5.41) is 0.682. The van der Waals surface area contributed by atoms with Gasteiger partial charge in [0, 0.05) is 25.5 Å². The Labute approximate surface area is 144 Å². The van der Waals surface area contributed by atoms with Crippen LogP contribution in [0.5, 0.6) is 5.75 Å². The van der Waals surface area contributed by atoms with Gasteiger partial charge in [-0.25, -0.2) is 4.98 Å². The van der Waals surface area contributed by atoms with Crippen LogP contribution in [0, 0.1) is 6.92 Å². The summed E-state index contributed by atoms with van der Waals surface area (Å²) in [4.78, 5) is 30.5. The number of hydrogen-bond acceptors (Lipinski definition) is 5. The summed E-state index contributed by atoms with van der Waals surface area (Å²) in [6.45, 7) is 3.35. The molecule has 0 atom stereocenters. The minimum atomic E-state index is -0.326. The predicted octanol–water partition coefficient (Wildman–Crippen LogP) is 1.81. The Balaban J connectivity index is 1.62. The van der Waals surface area contributed by atoms with Crippen LogP contribution in [-0.2, 0) is 6.54 Å². The summed E-state index contributed by atoms with van der Waals surface area (Å²) in [7, 11) is 1.66. The maximum Gasteiger partial charge on any atom is 0.267 e. The molecule has 0 radical (unpaired) electrons. The summed E-state index contributed by atoms with van der Waals surface area (Å²) < 4.78 is 7.22. The van der Waals surface area contributed by atoms with Crippen molar-refractivity contribution in [3.63, 3.8) is 0 Å². The number of carbonyl (C=O) groups is 1. The van der Waals surface area contributed by atoms with E-state index in [4.69, 9.17) is 4.74 Å². The number of amides is 1. The summed E-state index contributed by atoms with van der Waals surface area (Å²) in [5.74, 6) is 1.26. The zero-order chi connectivity index (χ0) is 17.1. The van der Waals surface area contributed by atoms with E-state index >= 15 is 0 Å². The zero-order valence-electron chi connectivity index (χ0n) is 13.7. The molecular weight excluding hydrogens is 326 g/mol. The lowest BCUT2D eigenvalue weighted by molar-refractivity contribution is 0.0770. The SMILES string of the molecule is Cc1cccc(OCCN(C)C(=O)c2cnc3n(c2=O)CCS3)c1. The molecule has 0 unspecified atom stereocenters. The van der Waals surface area contributed by atoms with Crippen molar-refractivity contribution in [1.29, 1.82) is 0 Å². The van der Waals surface area contributed by atoms with Crippen molar-refractivity contribution in [3.8, 4) is 5.75 Å². The van der Waals surface area contributed by atoms with Gasteiger partial charge >= 0.3 is 0 Å². The molecule has 0 saturated heterocycles. The molecule has 1 amide bonds.